The Morgan fingerprint density at radius 3 is 1.88 bits per heavy atom. The fourth-order valence-electron chi connectivity index (χ4n) is 12.1. The molecule has 32 nitrogen and oxygen atoms in total. The Hall–Kier alpha value is -11.4. The van der Waals surface area contributed by atoms with Gasteiger partial charge in [0.1, 0.15) is 72.4 Å². The number of fused-ring (bicyclic) bond motifs is 2. The Kier molecular flexibility index (Phi) is 29.9. The zero-order valence-electron chi connectivity index (χ0n) is 60.6. The molecule has 1 aromatic heterocycles. The van der Waals surface area contributed by atoms with Crippen molar-refractivity contribution in [2.75, 3.05) is 20.2 Å². The molecule has 11 amide bonds. The summed E-state index contributed by atoms with van der Waals surface area (Å²) in [6.45, 7) is 10.1. The van der Waals surface area contributed by atoms with Gasteiger partial charge in [0.05, 0.1) is 25.7 Å². The number of hydrogen-bond acceptors (Lipinski definition) is 19. The van der Waals surface area contributed by atoms with Crippen molar-refractivity contribution in [3.8, 4) is 5.75 Å². The average Bonchev–Trinajstić information content (AvgIpc) is 1.63. The van der Waals surface area contributed by atoms with Crippen LogP contribution in [0.15, 0.2) is 121 Å². The summed E-state index contributed by atoms with van der Waals surface area (Å²) in [6, 6.07) is 10.3. The van der Waals surface area contributed by atoms with E-state index in [0.29, 0.717) is 33.3 Å². The lowest BCUT2D eigenvalue weighted by atomic mass is 9.97. The van der Waals surface area contributed by atoms with Gasteiger partial charge in [0, 0.05) is 36.1 Å². The first-order valence-corrected chi connectivity index (χ1v) is 34.9. The first kappa shape index (κ1) is 82.9. The molecular weight excluding hydrogens is 1390 g/mol. The quantitative estimate of drug-likeness (QED) is 0.0434. The molecule has 32 heteroatoms. The number of hydrogen-bond donors (Lipinski definition) is 16. The van der Waals surface area contributed by atoms with E-state index in [0.717, 1.165) is 31.7 Å². The number of aliphatic carboxylic acids is 1. The highest BCUT2D eigenvalue weighted by Gasteiger charge is 2.45. The number of nitrogens with zero attached hydrogens (tertiary/aromatic N) is 1. The molecule has 4 aromatic carbocycles. The second kappa shape index (κ2) is 38.6. The molecule has 574 valence electrons. The smallest absolute Gasteiger partial charge is 0.331 e. The number of carboxylic acids is 1. The molecule has 0 aliphatic carbocycles. The van der Waals surface area contributed by atoms with Crippen LogP contribution in [0.1, 0.15) is 115 Å². The van der Waals surface area contributed by atoms with Crippen LogP contribution in [-0.2, 0) is 73.5 Å². The van der Waals surface area contributed by atoms with Gasteiger partial charge in [-0.1, -0.05) is 125 Å². The van der Waals surface area contributed by atoms with Gasteiger partial charge in [-0.2, -0.15) is 0 Å². The number of para-hydroxylation sites is 1. The van der Waals surface area contributed by atoms with Crippen molar-refractivity contribution in [3.63, 3.8) is 0 Å². The predicted molar refractivity (Wildman–Crippen MR) is 387 cm³/mol. The number of amides is 11. The maximum Gasteiger partial charge on any atom is 0.331 e. The van der Waals surface area contributed by atoms with Gasteiger partial charge in [0.25, 0.3) is 5.91 Å². The van der Waals surface area contributed by atoms with E-state index in [1.165, 1.54) is 81.8 Å². The number of aliphatic hydroxyl groups is 4. The maximum absolute atomic E-state index is 15.1. The Labute approximate surface area is 617 Å². The van der Waals surface area contributed by atoms with Crippen molar-refractivity contribution in [2.45, 2.75) is 166 Å². The Bertz CT molecular complexity index is 4090. The number of carbonyl (C=O) groups excluding carboxylic acids is 12. The Balaban J connectivity index is 1.30. The minimum Gasteiger partial charge on any atom is -0.497 e. The summed E-state index contributed by atoms with van der Waals surface area (Å²) in [5, 5.41) is 81.9. The van der Waals surface area contributed by atoms with Crippen molar-refractivity contribution in [2.24, 2.45) is 17.8 Å². The van der Waals surface area contributed by atoms with E-state index in [9.17, 15) is 78.3 Å². The molecule has 2 saturated heterocycles. The van der Waals surface area contributed by atoms with Gasteiger partial charge in [0.2, 0.25) is 65.3 Å². The minimum absolute atomic E-state index is 0.0253. The number of benzene rings is 4. The highest BCUT2D eigenvalue weighted by atomic mass is 16.5. The van der Waals surface area contributed by atoms with Crippen LogP contribution in [0, 0.1) is 17.8 Å². The van der Waals surface area contributed by atoms with Crippen molar-refractivity contribution in [1.82, 2.24) is 63.1 Å². The lowest BCUT2D eigenvalue weighted by Crippen LogP contribution is -2.62. The topological polar surface area (TPSA) is 481 Å². The van der Waals surface area contributed by atoms with Crippen LogP contribution in [0.4, 0.5) is 0 Å². The number of H-pyrrole nitrogens is 1. The number of aromatic amines is 1. The molecule has 16 N–H and O–H groups in total. The third-order valence-corrected chi connectivity index (χ3v) is 18.2. The van der Waals surface area contributed by atoms with Crippen molar-refractivity contribution in [1.29, 1.82) is 0 Å². The zero-order chi connectivity index (χ0) is 78.5. The molecule has 2 fully saturated rings. The molecule has 5 aromatic rings. The van der Waals surface area contributed by atoms with E-state index >= 15 is 9.59 Å². The molecule has 2 aliphatic rings. The standard InChI is InChI=1S/C75H94N12O20/c1-10-19-43-20-14-15-21-44(43)29-32-54(88)81-57-42(8)107-75(105)60(61(90)39(4)5)85-65(94)51(34-38(2)3)80-71(100)72(101)86-66(95)52(35-47-36-76-50-25-17-16-24-49(47)50)79-70(99)58(62(91)46-27-30-48(106-9)31-28-46)84-67(96)53-26-18-33-87(53)73(102)59(63(92)45-22-12-11-13-23-45)82-55(89)37-77-68(97)56(40(6)74(103)104)83-64(93)41(7)78-69(57)98/h10-17,19-25,27-32,36,38-42,51-53,56-63,72,76,90-92,101H,18,26,33-35,37H2,1-9H3,(H,77,97)(H,78,98)(H,79,99)(H,80,100)(H,81,88)(H,82,89)(H,83,93)(H,84,96)(H,85,94)(H,86,95)(H,103,104)/b19-10-,32-29+/t40-,41-,42+,51-,52-,53+,56-,57+,58+,59-,60+,61-,62+,63-,72-/m1/s1. The van der Waals surface area contributed by atoms with Crippen molar-refractivity contribution < 1.29 is 97.3 Å². The van der Waals surface area contributed by atoms with E-state index < -0.39 is 193 Å². The van der Waals surface area contributed by atoms with E-state index in [-0.39, 0.29) is 36.9 Å². The molecule has 0 unspecified atom stereocenters. The van der Waals surface area contributed by atoms with E-state index in [1.54, 1.807) is 87.5 Å². The number of cyclic esters (lactones) is 1. The molecular formula is C75H94N12O20. The van der Waals surface area contributed by atoms with Gasteiger partial charge in [-0.05, 0) is 111 Å². The molecule has 0 radical (unpaired) electrons. The maximum atomic E-state index is 15.1. The Morgan fingerprint density at radius 2 is 1.23 bits per heavy atom. The second-order valence-electron chi connectivity index (χ2n) is 26.9. The number of ether oxygens (including phenoxy) is 2. The van der Waals surface area contributed by atoms with Crippen LogP contribution in [0.3, 0.4) is 0 Å². The van der Waals surface area contributed by atoms with Crippen LogP contribution in [0.2, 0.25) is 0 Å². The molecule has 0 saturated carbocycles. The van der Waals surface area contributed by atoms with Gasteiger partial charge in [-0.15, -0.1) is 0 Å². The van der Waals surface area contributed by atoms with Gasteiger partial charge < -0.3 is 98.1 Å². The summed E-state index contributed by atoms with van der Waals surface area (Å²) in [6.07, 6.45) is -2.94. The Morgan fingerprint density at radius 1 is 0.636 bits per heavy atom. The molecule has 0 spiro atoms. The first-order chi connectivity index (χ1) is 50.8. The fourth-order valence-corrected chi connectivity index (χ4v) is 12.1. The second-order valence-corrected chi connectivity index (χ2v) is 26.9. The fraction of sp³-hybridized carbons (Fsp3) is 0.427. The summed E-state index contributed by atoms with van der Waals surface area (Å²) in [5.41, 5.74) is 2.37. The number of carbonyl (C=O) groups is 13. The highest BCUT2D eigenvalue weighted by Crippen LogP contribution is 2.28. The number of aliphatic hydroxyl groups excluding tert-OH is 4. The van der Waals surface area contributed by atoms with Gasteiger partial charge >= 0.3 is 11.9 Å². The van der Waals surface area contributed by atoms with Crippen LogP contribution in [0.5, 0.6) is 5.75 Å². The normalized spacial score (nSPS) is 24.8. The first-order valence-electron chi connectivity index (χ1n) is 34.9. The number of methoxy groups -OCH3 is 1. The van der Waals surface area contributed by atoms with Gasteiger partial charge in [-0.3, -0.25) is 57.5 Å². The van der Waals surface area contributed by atoms with Crippen molar-refractivity contribution >= 4 is 100.0 Å². The van der Waals surface area contributed by atoms with Gasteiger partial charge in [0.15, 0.2) is 6.04 Å². The SMILES string of the molecule is C/C=C\c1ccccc1/C=C/C(=O)N[C@@H]1C(=O)N[C@H](C)C(=O)N[C@H]([C@@H](C)C(=O)O)C(=O)NCC(=O)N[C@H]([C@H](O)c2ccccc2)C(=O)N2CCC[C@H]2C(=O)N[C@@H]([C@@H](O)c2ccc(OC)cc2)C(=O)N[C@H](Cc2c[nH]c3ccccc23)C(=O)N[C@H](O)C(=O)N[C@H](CC(C)C)C(=O)N[C@@H]([C@H](O)C(C)C)C(=O)O[C@H]1C. The van der Waals surface area contributed by atoms with Crippen molar-refractivity contribution in [3.05, 3.63) is 149 Å². The number of aromatic nitrogens is 1. The monoisotopic (exact) mass is 1480 g/mol. The third kappa shape index (κ3) is 22.4. The largest absolute Gasteiger partial charge is 0.497 e. The molecule has 3 heterocycles. The van der Waals surface area contributed by atoms with Crippen LogP contribution in [-0.4, -0.2) is 205 Å². The summed E-state index contributed by atoms with van der Waals surface area (Å²) >= 11 is 0. The van der Waals surface area contributed by atoms with Crippen LogP contribution in [0.25, 0.3) is 23.1 Å². The average molecular weight is 1480 g/mol. The molecule has 15 atom stereocenters. The summed E-state index contributed by atoms with van der Waals surface area (Å²) < 4.78 is 11.1. The summed E-state index contributed by atoms with van der Waals surface area (Å²) in [4.78, 5) is 191. The number of allylic oxidation sites excluding steroid dienone is 1. The molecule has 7 rings (SSSR count). The predicted octanol–water partition coefficient (Wildman–Crippen LogP) is 0.102. The highest BCUT2D eigenvalue weighted by molar-refractivity contribution is 6.01. The minimum atomic E-state index is -2.52. The van der Waals surface area contributed by atoms with E-state index in [2.05, 4.69) is 58.2 Å². The van der Waals surface area contributed by atoms with Gasteiger partial charge in [-0.25, -0.2) is 4.79 Å². The van der Waals surface area contributed by atoms with Crippen LogP contribution >= 0.6 is 0 Å². The number of esters is 1. The number of nitrogens with one attached hydrogen (secondary N) is 11. The molecule has 0 bridgehead atoms. The van der Waals surface area contributed by atoms with E-state index in [4.69, 9.17) is 9.47 Å². The lowest BCUT2D eigenvalue weighted by Gasteiger charge is -2.33. The van der Waals surface area contributed by atoms with Crippen LogP contribution < -0.4 is 57.9 Å². The summed E-state index contributed by atoms with van der Waals surface area (Å²) in [7, 11) is 1.38. The number of rotatable bonds is 17. The lowest BCUT2D eigenvalue weighted by molar-refractivity contribution is -0.160. The van der Waals surface area contributed by atoms with E-state index in [1.807, 2.05) is 0 Å². The summed E-state index contributed by atoms with van der Waals surface area (Å²) in [5.74, 6) is -18.7. The zero-order valence-corrected chi connectivity index (χ0v) is 60.6. The third-order valence-electron chi connectivity index (χ3n) is 18.2. The molecule has 2 aliphatic heterocycles. The number of carboxylic acid groups (broad SMARTS) is 1. The molecule has 107 heavy (non-hydrogen) atoms.